The van der Waals surface area contributed by atoms with E-state index in [2.05, 4.69) is 63.4 Å². The molecule has 0 amide bonds. The van der Waals surface area contributed by atoms with Crippen LogP contribution in [-0.2, 0) is 17.8 Å². The third-order valence-corrected chi connectivity index (χ3v) is 7.47. The zero-order valence-corrected chi connectivity index (χ0v) is 20.1. The quantitative estimate of drug-likeness (QED) is 0.433. The molecule has 2 aromatic carbocycles. The predicted molar refractivity (Wildman–Crippen MR) is 138 cm³/mol. The fourth-order valence-electron chi connectivity index (χ4n) is 5.63. The van der Waals surface area contributed by atoms with Crippen LogP contribution in [0.15, 0.2) is 83.9 Å². The molecule has 36 heavy (non-hydrogen) atoms. The molecule has 2 N–H and O–H groups in total. The van der Waals surface area contributed by atoms with Gasteiger partial charge in [-0.25, -0.2) is 4.98 Å². The highest BCUT2D eigenvalue weighted by atomic mass is 16.5. The summed E-state index contributed by atoms with van der Waals surface area (Å²) in [5.74, 6) is 0.392. The third-order valence-electron chi connectivity index (χ3n) is 7.47. The lowest BCUT2D eigenvalue weighted by atomic mass is 9.83. The molecule has 0 radical (unpaired) electrons. The van der Waals surface area contributed by atoms with E-state index in [0.29, 0.717) is 30.6 Å². The largest absolute Gasteiger partial charge is 0.503 e. The normalized spacial score (nSPS) is 17.6. The Morgan fingerprint density at radius 3 is 2.33 bits per heavy atom. The van der Waals surface area contributed by atoms with Crippen molar-refractivity contribution in [2.75, 3.05) is 13.2 Å². The molecule has 0 aliphatic carbocycles. The Kier molecular flexibility index (Phi) is 6.17. The molecule has 0 unspecified atom stereocenters. The Hall–Kier alpha value is -3.68. The molecule has 2 aromatic heterocycles. The highest BCUT2D eigenvalue weighted by molar-refractivity contribution is 5.62. The van der Waals surface area contributed by atoms with Crippen LogP contribution in [0.5, 0.6) is 5.75 Å². The van der Waals surface area contributed by atoms with Crippen LogP contribution in [0.3, 0.4) is 0 Å². The lowest BCUT2D eigenvalue weighted by Gasteiger charge is -2.36. The third kappa shape index (κ3) is 4.14. The fraction of sp³-hybridized carbons (Fsp3) is 0.310. The first-order valence-corrected chi connectivity index (χ1v) is 12.6. The van der Waals surface area contributed by atoms with Crippen molar-refractivity contribution in [3.05, 3.63) is 106 Å². The van der Waals surface area contributed by atoms with Gasteiger partial charge in [-0.3, -0.25) is 4.79 Å². The summed E-state index contributed by atoms with van der Waals surface area (Å²) in [6, 6.07) is 22.7. The van der Waals surface area contributed by atoms with Crippen molar-refractivity contribution in [1.82, 2.24) is 19.4 Å². The molecule has 0 spiro atoms. The molecule has 0 bridgehead atoms. The maximum absolute atomic E-state index is 12.5. The van der Waals surface area contributed by atoms with Gasteiger partial charge >= 0.3 is 0 Å². The summed E-state index contributed by atoms with van der Waals surface area (Å²) in [7, 11) is 0. The Labute approximate surface area is 210 Å². The van der Waals surface area contributed by atoms with Crippen molar-refractivity contribution >= 4 is 0 Å². The second-order valence-corrected chi connectivity index (χ2v) is 9.60. The summed E-state index contributed by atoms with van der Waals surface area (Å²) in [4.78, 5) is 17.2. The molecule has 4 heterocycles. The van der Waals surface area contributed by atoms with E-state index >= 15 is 0 Å². The van der Waals surface area contributed by atoms with Crippen LogP contribution in [0, 0.1) is 0 Å². The average Bonchev–Trinajstić information content (AvgIpc) is 3.34. The number of aromatic nitrogens is 3. The molecule has 2 aliphatic heterocycles. The summed E-state index contributed by atoms with van der Waals surface area (Å²) < 4.78 is 9.71. The number of nitrogens with one attached hydrogen (secondary N) is 1. The van der Waals surface area contributed by atoms with Crippen molar-refractivity contribution in [3.63, 3.8) is 0 Å². The number of nitrogens with zero attached hydrogens (tertiary/aromatic N) is 3. The smallest absolute Gasteiger partial charge is 0.223 e. The van der Waals surface area contributed by atoms with Crippen LogP contribution >= 0.6 is 0 Å². The molecular weight excluding hydrogens is 452 g/mol. The number of hydrogen-bond donors (Lipinski definition) is 2. The Morgan fingerprint density at radius 2 is 1.67 bits per heavy atom. The molecule has 7 heteroatoms. The molecule has 2 aliphatic rings. The number of hydrogen-bond acceptors (Lipinski definition) is 5. The maximum Gasteiger partial charge on any atom is 0.223 e. The number of pyridine rings is 1. The van der Waals surface area contributed by atoms with Gasteiger partial charge in [-0.1, -0.05) is 60.7 Å². The monoisotopic (exact) mass is 482 g/mol. The SMILES string of the molecule is O=c1ccn2c(c1O)-c1ncc(CNC3CCOCC3)n1C[C@@H]2C(c1ccccc1)c1ccccc1. The van der Waals surface area contributed by atoms with Crippen molar-refractivity contribution in [2.24, 2.45) is 0 Å². The summed E-state index contributed by atoms with van der Waals surface area (Å²) >= 11 is 0. The van der Waals surface area contributed by atoms with Gasteiger partial charge < -0.3 is 24.3 Å². The number of benzene rings is 2. The minimum Gasteiger partial charge on any atom is -0.503 e. The van der Waals surface area contributed by atoms with E-state index in [1.54, 1.807) is 6.20 Å². The first kappa shape index (κ1) is 22.8. The summed E-state index contributed by atoms with van der Waals surface area (Å²) in [6.07, 6.45) is 5.66. The van der Waals surface area contributed by atoms with Crippen molar-refractivity contribution in [1.29, 1.82) is 0 Å². The van der Waals surface area contributed by atoms with Crippen molar-refractivity contribution in [2.45, 2.75) is 43.9 Å². The second-order valence-electron chi connectivity index (χ2n) is 9.60. The minimum absolute atomic E-state index is 0.0138. The van der Waals surface area contributed by atoms with Gasteiger partial charge in [0.05, 0.1) is 17.9 Å². The topological polar surface area (TPSA) is 81.3 Å². The molecule has 6 rings (SSSR count). The summed E-state index contributed by atoms with van der Waals surface area (Å²) in [6.45, 7) is 2.90. The molecule has 1 saturated heterocycles. The van der Waals surface area contributed by atoms with Crippen LogP contribution in [-0.4, -0.2) is 38.5 Å². The van der Waals surface area contributed by atoms with Gasteiger partial charge in [-0.2, -0.15) is 0 Å². The van der Waals surface area contributed by atoms with Gasteiger partial charge in [-0.15, -0.1) is 0 Å². The van der Waals surface area contributed by atoms with E-state index < -0.39 is 5.43 Å². The van der Waals surface area contributed by atoms with Crippen LogP contribution in [0.1, 0.15) is 41.6 Å². The Bertz CT molecular complexity index is 1350. The van der Waals surface area contributed by atoms with E-state index in [4.69, 9.17) is 4.74 Å². The lowest BCUT2D eigenvalue weighted by Crippen LogP contribution is -2.36. The number of aromatic hydroxyl groups is 1. The molecular formula is C29H30N4O3. The first-order chi connectivity index (χ1) is 17.7. The molecule has 0 saturated carbocycles. The maximum atomic E-state index is 12.5. The molecule has 1 atom stereocenters. The van der Waals surface area contributed by atoms with Crippen LogP contribution in [0.4, 0.5) is 0 Å². The predicted octanol–water partition coefficient (Wildman–Crippen LogP) is 4.07. The Morgan fingerprint density at radius 1 is 1.00 bits per heavy atom. The zero-order valence-electron chi connectivity index (χ0n) is 20.1. The molecule has 1 fully saturated rings. The van der Waals surface area contributed by atoms with Crippen LogP contribution in [0.2, 0.25) is 0 Å². The number of ether oxygens (including phenoxy) is 1. The van der Waals surface area contributed by atoms with E-state index in [0.717, 1.165) is 31.7 Å². The highest BCUT2D eigenvalue weighted by Crippen LogP contribution is 2.43. The molecule has 4 aromatic rings. The average molecular weight is 483 g/mol. The van der Waals surface area contributed by atoms with E-state index in [9.17, 15) is 9.90 Å². The van der Waals surface area contributed by atoms with Crippen LogP contribution in [0.25, 0.3) is 11.5 Å². The molecule has 184 valence electrons. The number of imidazole rings is 1. The van der Waals surface area contributed by atoms with Crippen molar-refractivity contribution in [3.8, 4) is 17.3 Å². The van der Waals surface area contributed by atoms with Gasteiger partial charge in [0, 0.05) is 50.5 Å². The lowest BCUT2D eigenvalue weighted by molar-refractivity contribution is 0.0774. The minimum atomic E-state index is -0.394. The number of rotatable bonds is 6. The first-order valence-electron chi connectivity index (χ1n) is 12.6. The van der Waals surface area contributed by atoms with Gasteiger partial charge in [0.15, 0.2) is 11.6 Å². The van der Waals surface area contributed by atoms with Gasteiger partial charge in [-0.05, 0) is 24.0 Å². The summed E-state index contributed by atoms with van der Waals surface area (Å²) in [5, 5.41) is 14.6. The summed E-state index contributed by atoms with van der Waals surface area (Å²) in [5.41, 5.74) is 3.50. The van der Waals surface area contributed by atoms with Gasteiger partial charge in [0.25, 0.3) is 0 Å². The standard InChI is InChI=1S/C29H30N4O3/c34-25-11-14-32-24(26(20-7-3-1-4-8-20)21-9-5-2-6-10-21)19-33-23(17-30-22-12-15-36-16-13-22)18-31-29(33)27(32)28(25)35/h1-11,14,18,22,24,26,30,35H,12-13,15-17,19H2/t24-/m1/s1. The Balaban J connectivity index is 1.45. The second kappa shape index (κ2) is 9.76. The van der Waals surface area contributed by atoms with Crippen LogP contribution < -0.4 is 10.7 Å². The van der Waals surface area contributed by atoms with E-state index in [1.165, 1.54) is 17.2 Å². The number of fused-ring (bicyclic) bond motifs is 3. The fourth-order valence-corrected chi connectivity index (χ4v) is 5.63. The molecule has 7 nitrogen and oxygen atoms in total. The highest BCUT2D eigenvalue weighted by Gasteiger charge is 2.35. The van der Waals surface area contributed by atoms with E-state index in [-0.39, 0.29) is 17.7 Å². The zero-order chi connectivity index (χ0) is 24.5. The van der Waals surface area contributed by atoms with Crippen molar-refractivity contribution < 1.29 is 9.84 Å². The van der Waals surface area contributed by atoms with Gasteiger partial charge in [0.1, 0.15) is 5.69 Å². The van der Waals surface area contributed by atoms with Gasteiger partial charge in [0.2, 0.25) is 5.43 Å². The van der Waals surface area contributed by atoms with E-state index in [1.807, 2.05) is 22.9 Å².